The SMILES string of the molecule is N#Cc1ccc(-n2c3ccccc3c3cc(-c4ccc(C(F)(F)F)cc4C(F)(F)F)ccc32)c(-c2ccc(-c3ccc(C(F)(F)F)cc3C(F)(F)F)cc2-n2c3ccccc3c3cc(-c4ccc(C(F)(F)F)cc4C(F)(F)F)ccc32)c1. The molecule has 9 aromatic carbocycles. The number of rotatable bonds is 6. The van der Waals surface area contributed by atoms with Gasteiger partial charge in [0, 0.05) is 32.7 Å². The summed E-state index contributed by atoms with van der Waals surface area (Å²) in [5.74, 6) is 0. The zero-order valence-electron chi connectivity index (χ0n) is 40.9. The van der Waals surface area contributed by atoms with Gasteiger partial charge in [-0.25, -0.2) is 0 Å². The third kappa shape index (κ3) is 9.58. The van der Waals surface area contributed by atoms with Crippen LogP contribution >= 0.6 is 0 Å². The zero-order chi connectivity index (χ0) is 58.8. The third-order valence-corrected chi connectivity index (χ3v) is 14.1. The van der Waals surface area contributed by atoms with Gasteiger partial charge in [-0.2, -0.15) is 84.3 Å². The van der Waals surface area contributed by atoms with Crippen LogP contribution in [0.4, 0.5) is 79.0 Å². The van der Waals surface area contributed by atoms with Crippen molar-refractivity contribution < 1.29 is 79.0 Å². The van der Waals surface area contributed by atoms with Gasteiger partial charge in [0.15, 0.2) is 0 Å². The number of hydrogen-bond donors (Lipinski definition) is 0. The summed E-state index contributed by atoms with van der Waals surface area (Å²) in [6.45, 7) is 0. The second kappa shape index (κ2) is 19.0. The van der Waals surface area contributed by atoms with Crippen LogP contribution in [0.15, 0.2) is 176 Å². The van der Waals surface area contributed by atoms with Crippen molar-refractivity contribution in [1.29, 1.82) is 5.26 Å². The Labute approximate surface area is 449 Å². The van der Waals surface area contributed by atoms with Gasteiger partial charge >= 0.3 is 37.1 Å². The van der Waals surface area contributed by atoms with Crippen LogP contribution in [-0.4, -0.2) is 9.13 Å². The van der Waals surface area contributed by atoms with Crippen molar-refractivity contribution in [3.63, 3.8) is 0 Å². The van der Waals surface area contributed by atoms with Crippen LogP contribution in [0.2, 0.25) is 0 Å². The molecule has 2 heterocycles. The minimum absolute atomic E-state index is 0.00443. The number of nitrogens with zero attached hydrogens (tertiary/aromatic N) is 3. The maximum Gasteiger partial charge on any atom is 0.417 e. The number of nitriles is 1. The van der Waals surface area contributed by atoms with Crippen molar-refractivity contribution >= 4 is 43.6 Å². The lowest BCUT2D eigenvalue weighted by Crippen LogP contribution is -2.12. The first kappa shape index (κ1) is 54.8. The molecule has 21 heteroatoms. The van der Waals surface area contributed by atoms with Crippen molar-refractivity contribution in [2.24, 2.45) is 0 Å². The Balaban J connectivity index is 1.20. The van der Waals surface area contributed by atoms with Crippen LogP contribution in [0.1, 0.15) is 38.9 Å². The molecule has 0 saturated carbocycles. The Morgan fingerprint density at radius 2 is 0.634 bits per heavy atom. The number of alkyl halides is 18. The third-order valence-electron chi connectivity index (χ3n) is 14.1. The monoisotopic (exact) mass is 1150 g/mol. The van der Waals surface area contributed by atoms with Crippen LogP contribution in [0.3, 0.4) is 0 Å². The quantitative estimate of drug-likeness (QED) is 0.153. The molecule has 0 aliphatic heterocycles. The maximum absolute atomic E-state index is 15.0. The highest BCUT2D eigenvalue weighted by molar-refractivity contribution is 6.13. The largest absolute Gasteiger partial charge is 0.417 e. The lowest BCUT2D eigenvalue weighted by Gasteiger charge is -2.21. The Morgan fingerprint density at radius 1 is 0.280 bits per heavy atom. The van der Waals surface area contributed by atoms with Gasteiger partial charge in [0.05, 0.1) is 78.5 Å². The van der Waals surface area contributed by atoms with E-state index in [0.717, 1.165) is 0 Å². The molecule has 0 N–H and O–H groups in total. The summed E-state index contributed by atoms with van der Waals surface area (Å²) in [7, 11) is 0. The molecule has 414 valence electrons. The fraction of sp³-hybridized carbons (Fsp3) is 0.0984. The summed E-state index contributed by atoms with van der Waals surface area (Å²) in [5, 5.41) is 11.6. The van der Waals surface area contributed by atoms with E-state index in [2.05, 4.69) is 0 Å². The lowest BCUT2D eigenvalue weighted by atomic mass is 9.92. The fourth-order valence-corrected chi connectivity index (χ4v) is 10.5. The van der Waals surface area contributed by atoms with Crippen molar-refractivity contribution in [2.45, 2.75) is 37.1 Å². The van der Waals surface area contributed by atoms with Crippen LogP contribution in [0.25, 0.3) is 99.5 Å². The molecule has 0 saturated heterocycles. The van der Waals surface area contributed by atoms with Gasteiger partial charge in [-0.05, 0) is 130 Å². The zero-order valence-corrected chi connectivity index (χ0v) is 40.9. The summed E-state index contributed by atoms with van der Waals surface area (Å²) in [6, 6.07) is 34.1. The van der Waals surface area contributed by atoms with E-state index in [1.807, 2.05) is 6.07 Å². The number of benzene rings is 9. The molecule has 11 rings (SSSR count). The van der Waals surface area contributed by atoms with Gasteiger partial charge in [0.25, 0.3) is 0 Å². The molecule has 2 aromatic heterocycles. The first-order valence-corrected chi connectivity index (χ1v) is 24.0. The normalized spacial score (nSPS) is 13.0. The highest BCUT2D eigenvalue weighted by atomic mass is 19.4. The van der Waals surface area contributed by atoms with E-state index < -0.39 is 87.1 Å². The van der Waals surface area contributed by atoms with E-state index >= 15 is 0 Å². The lowest BCUT2D eigenvalue weighted by molar-refractivity contribution is -0.144. The van der Waals surface area contributed by atoms with Gasteiger partial charge in [0.2, 0.25) is 0 Å². The molecule has 3 nitrogen and oxygen atoms in total. The molecule has 0 unspecified atom stereocenters. The molecular weight excluding hydrogens is 1120 g/mol. The van der Waals surface area contributed by atoms with Gasteiger partial charge in [-0.1, -0.05) is 78.9 Å². The number of halogens is 18. The molecule has 11 aromatic rings. The second-order valence-electron chi connectivity index (χ2n) is 19.0. The summed E-state index contributed by atoms with van der Waals surface area (Å²) in [4.78, 5) is 0. The Kier molecular flexibility index (Phi) is 12.7. The Morgan fingerprint density at radius 3 is 1.02 bits per heavy atom. The Bertz CT molecular complexity index is 4440. The van der Waals surface area contributed by atoms with Crippen LogP contribution in [-0.2, 0) is 37.1 Å². The van der Waals surface area contributed by atoms with E-state index in [4.69, 9.17) is 0 Å². The van der Waals surface area contributed by atoms with Gasteiger partial charge in [-0.15, -0.1) is 0 Å². The summed E-state index contributed by atoms with van der Waals surface area (Å²) >= 11 is 0. The first-order valence-electron chi connectivity index (χ1n) is 24.0. The van der Waals surface area contributed by atoms with Crippen LogP contribution in [0.5, 0.6) is 0 Å². The van der Waals surface area contributed by atoms with Gasteiger partial charge in [0.1, 0.15) is 0 Å². The highest BCUT2D eigenvalue weighted by Gasteiger charge is 2.42. The summed E-state index contributed by atoms with van der Waals surface area (Å²) < 4.78 is 260. The predicted octanol–water partition coefficient (Wildman–Crippen LogP) is 20.5. The van der Waals surface area contributed by atoms with Crippen LogP contribution < -0.4 is 0 Å². The number of para-hydroxylation sites is 2. The molecule has 0 amide bonds. The first-order chi connectivity index (χ1) is 38.4. The average Bonchev–Trinajstić information content (AvgIpc) is 3.93. The maximum atomic E-state index is 15.0. The predicted molar refractivity (Wildman–Crippen MR) is 272 cm³/mol. The van der Waals surface area contributed by atoms with E-state index in [0.29, 0.717) is 58.2 Å². The molecule has 0 radical (unpaired) electrons. The minimum atomic E-state index is -5.38. The highest BCUT2D eigenvalue weighted by Crippen LogP contribution is 2.49. The minimum Gasteiger partial charge on any atom is -0.309 e. The average molecular weight is 1150 g/mol. The smallest absolute Gasteiger partial charge is 0.309 e. The van der Waals surface area contributed by atoms with Gasteiger partial charge < -0.3 is 9.13 Å². The molecule has 0 fully saturated rings. The Hall–Kier alpha value is -9.19. The topological polar surface area (TPSA) is 33.6 Å². The molecule has 0 aliphatic carbocycles. The van der Waals surface area contributed by atoms with Gasteiger partial charge in [-0.3, -0.25) is 0 Å². The number of aromatic nitrogens is 2. The van der Waals surface area contributed by atoms with E-state index in [1.165, 1.54) is 77.4 Å². The second-order valence-corrected chi connectivity index (χ2v) is 19.0. The molecule has 0 bridgehead atoms. The molecule has 0 spiro atoms. The molecule has 0 atom stereocenters. The van der Waals surface area contributed by atoms with E-state index in [9.17, 15) is 84.3 Å². The van der Waals surface area contributed by atoms with Crippen molar-refractivity contribution in [3.05, 3.63) is 215 Å². The van der Waals surface area contributed by atoms with Crippen molar-refractivity contribution in [3.8, 4) is 62.0 Å². The number of hydrogen-bond acceptors (Lipinski definition) is 1. The van der Waals surface area contributed by atoms with Crippen molar-refractivity contribution in [1.82, 2.24) is 9.13 Å². The number of fused-ring (bicyclic) bond motifs is 6. The molecule has 82 heavy (non-hydrogen) atoms. The van der Waals surface area contributed by atoms with Crippen LogP contribution in [0, 0.1) is 11.3 Å². The molecular formula is C61H29F18N3. The standard InChI is InChI=1S/C61H29F18N3/c62-56(63,64)35-13-17-38(47(27-35)59(71,72)73)32-11-21-53-45(24-32)41-5-1-3-7-50(41)81(53)52-20-9-31(30-80)23-44(52)43-16-10-34(40-19-15-37(58(68,69)70)29-49(40)61(77,78)79)26-55(43)82-51-8-4-2-6-42(51)46-25-33(12-22-54(46)82)39-18-14-36(57(65,66)67)28-48(39)60(74,75)76/h1-29H. The fourth-order valence-electron chi connectivity index (χ4n) is 10.5. The summed E-state index contributed by atoms with van der Waals surface area (Å²) in [5.41, 5.74) is -10.7. The van der Waals surface area contributed by atoms with E-state index in [-0.39, 0.29) is 84.8 Å². The molecule has 0 aliphatic rings. The van der Waals surface area contributed by atoms with Crippen molar-refractivity contribution in [2.75, 3.05) is 0 Å². The summed E-state index contributed by atoms with van der Waals surface area (Å²) in [6.07, 6.45) is -31.4. The van der Waals surface area contributed by atoms with E-state index in [1.54, 1.807) is 53.1 Å².